The fourth-order valence-electron chi connectivity index (χ4n) is 2.19. The van der Waals surface area contributed by atoms with Crippen molar-refractivity contribution in [1.29, 1.82) is 0 Å². The summed E-state index contributed by atoms with van der Waals surface area (Å²) in [6.07, 6.45) is 1.14. The van der Waals surface area contributed by atoms with E-state index in [1.807, 2.05) is 0 Å². The molecule has 1 aromatic carbocycles. The van der Waals surface area contributed by atoms with Crippen LogP contribution in [-0.4, -0.2) is 16.1 Å². The molecule has 0 spiro atoms. The van der Waals surface area contributed by atoms with E-state index in [0.29, 0.717) is 5.92 Å². The molecule has 2 aromatic rings. The largest absolute Gasteiger partial charge is 0.384 e. The van der Waals surface area contributed by atoms with Gasteiger partial charge >= 0.3 is 0 Å². The topological polar surface area (TPSA) is 59.1 Å². The van der Waals surface area contributed by atoms with Crippen LogP contribution in [0.3, 0.4) is 0 Å². The fraction of sp³-hybridized carbons (Fsp3) is 0.533. The maximum atomic E-state index is 10.3. The lowest BCUT2D eigenvalue weighted by molar-refractivity contribution is 0.136. The first-order valence-corrected chi connectivity index (χ1v) is 7.66. The Morgan fingerprint density at radius 3 is 2.74 bits per heavy atom. The number of aryl methyl sites for hydroxylation is 1. The normalized spacial score (nSPS) is 15.1. The SMILES string of the molecule is CCc1ccc2sc(C(O)[C@H](N)CC(C)C)nc2c1. The van der Waals surface area contributed by atoms with Crippen molar-refractivity contribution < 1.29 is 5.11 Å². The van der Waals surface area contributed by atoms with Gasteiger partial charge in [0.05, 0.1) is 10.2 Å². The average Bonchev–Trinajstić information content (AvgIpc) is 2.79. The van der Waals surface area contributed by atoms with E-state index < -0.39 is 6.10 Å². The van der Waals surface area contributed by atoms with Crippen LogP contribution in [0.15, 0.2) is 18.2 Å². The second-order valence-corrected chi connectivity index (χ2v) is 6.51. The van der Waals surface area contributed by atoms with Gasteiger partial charge in [-0.15, -0.1) is 11.3 Å². The Labute approximate surface area is 118 Å². The zero-order valence-electron chi connectivity index (χ0n) is 11.8. The molecule has 1 unspecified atom stereocenters. The van der Waals surface area contributed by atoms with Crippen LogP contribution in [0.4, 0.5) is 0 Å². The highest BCUT2D eigenvalue weighted by molar-refractivity contribution is 7.18. The van der Waals surface area contributed by atoms with Gasteiger partial charge in [-0.05, 0) is 36.5 Å². The van der Waals surface area contributed by atoms with E-state index in [4.69, 9.17) is 5.73 Å². The van der Waals surface area contributed by atoms with Gasteiger partial charge in [-0.25, -0.2) is 4.98 Å². The van der Waals surface area contributed by atoms with Gasteiger partial charge in [0.1, 0.15) is 11.1 Å². The molecule has 104 valence electrons. The molecule has 3 N–H and O–H groups in total. The van der Waals surface area contributed by atoms with Crippen LogP contribution >= 0.6 is 11.3 Å². The van der Waals surface area contributed by atoms with Crippen molar-refractivity contribution in [3.05, 3.63) is 28.8 Å². The summed E-state index contributed by atoms with van der Waals surface area (Å²) in [5, 5.41) is 11.0. The summed E-state index contributed by atoms with van der Waals surface area (Å²) in [6.45, 7) is 6.35. The molecule has 0 saturated heterocycles. The molecule has 3 nitrogen and oxygen atoms in total. The Hall–Kier alpha value is -0.970. The Morgan fingerprint density at radius 1 is 1.37 bits per heavy atom. The quantitative estimate of drug-likeness (QED) is 0.882. The number of hydrogen-bond donors (Lipinski definition) is 2. The lowest BCUT2D eigenvalue weighted by Gasteiger charge is -2.18. The van der Waals surface area contributed by atoms with Crippen LogP contribution in [0.1, 0.15) is 43.9 Å². The van der Waals surface area contributed by atoms with Gasteiger partial charge in [0, 0.05) is 6.04 Å². The molecule has 0 bridgehead atoms. The minimum atomic E-state index is -0.662. The minimum Gasteiger partial charge on any atom is -0.384 e. The molecule has 0 aliphatic heterocycles. The van der Waals surface area contributed by atoms with Crippen molar-refractivity contribution >= 4 is 21.6 Å². The van der Waals surface area contributed by atoms with Crippen LogP contribution in [0, 0.1) is 5.92 Å². The first kappa shape index (κ1) is 14.4. The number of aliphatic hydroxyl groups is 1. The molecule has 4 heteroatoms. The average molecular weight is 278 g/mol. The van der Waals surface area contributed by atoms with Gasteiger partial charge in [-0.2, -0.15) is 0 Å². The number of aliphatic hydroxyl groups excluding tert-OH is 1. The molecule has 0 radical (unpaired) electrons. The second-order valence-electron chi connectivity index (χ2n) is 5.45. The van der Waals surface area contributed by atoms with E-state index in [0.717, 1.165) is 28.1 Å². The number of hydrogen-bond acceptors (Lipinski definition) is 4. The number of rotatable bonds is 5. The highest BCUT2D eigenvalue weighted by atomic mass is 32.1. The Kier molecular flexibility index (Phi) is 4.55. The third kappa shape index (κ3) is 3.32. The lowest BCUT2D eigenvalue weighted by Crippen LogP contribution is -2.29. The molecule has 0 aliphatic carbocycles. The molecule has 2 rings (SSSR count). The predicted octanol–water partition coefficient (Wildman–Crippen LogP) is 3.27. The second kappa shape index (κ2) is 5.99. The monoisotopic (exact) mass is 278 g/mol. The molecule has 1 heterocycles. The predicted molar refractivity (Wildman–Crippen MR) is 81.4 cm³/mol. The van der Waals surface area contributed by atoms with Crippen LogP contribution < -0.4 is 5.73 Å². The first-order chi connectivity index (χ1) is 9.01. The highest BCUT2D eigenvalue weighted by Crippen LogP contribution is 2.29. The van der Waals surface area contributed by atoms with E-state index in [-0.39, 0.29) is 6.04 Å². The third-order valence-electron chi connectivity index (χ3n) is 3.28. The summed E-state index contributed by atoms with van der Waals surface area (Å²) in [5.74, 6) is 0.478. The summed E-state index contributed by atoms with van der Waals surface area (Å²) < 4.78 is 1.11. The minimum absolute atomic E-state index is 0.244. The Balaban J connectivity index is 2.25. The van der Waals surface area contributed by atoms with Gasteiger partial charge in [-0.3, -0.25) is 0 Å². The van der Waals surface area contributed by atoms with Gasteiger partial charge in [0.15, 0.2) is 0 Å². The molecule has 1 aromatic heterocycles. The summed E-state index contributed by atoms with van der Waals surface area (Å²) >= 11 is 1.54. The number of aromatic nitrogens is 1. The van der Waals surface area contributed by atoms with E-state index >= 15 is 0 Å². The van der Waals surface area contributed by atoms with Crippen LogP contribution in [0.5, 0.6) is 0 Å². The van der Waals surface area contributed by atoms with Gasteiger partial charge in [0.2, 0.25) is 0 Å². The zero-order valence-corrected chi connectivity index (χ0v) is 12.6. The Bertz CT molecular complexity index is 550. The summed E-state index contributed by atoms with van der Waals surface area (Å²) in [6, 6.07) is 6.04. The number of thiazole rings is 1. The van der Waals surface area contributed by atoms with Crippen molar-refractivity contribution in [1.82, 2.24) is 4.98 Å². The van der Waals surface area contributed by atoms with Crippen molar-refractivity contribution in [3.8, 4) is 0 Å². The van der Waals surface area contributed by atoms with E-state index in [1.165, 1.54) is 16.9 Å². The molecule has 0 saturated carbocycles. The number of fused-ring (bicyclic) bond motifs is 1. The summed E-state index contributed by atoms with van der Waals surface area (Å²) in [4.78, 5) is 4.54. The van der Waals surface area contributed by atoms with Crippen LogP contribution in [0.25, 0.3) is 10.2 Å². The Morgan fingerprint density at radius 2 is 2.11 bits per heavy atom. The van der Waals surface area contributed by atoms with Gasteiger partial charge < -0.3 is 10.8 Å². The van der Waals surface area contributed by atoms with Gasteiger partial charge in [0.25, 0.3) is 0 Å². The third-order valence-corrected chi connectivity index (χ3v) is 4.39. The zero-order chi connectivity index (χ0) is 14.0. The van der Waals surface area contributed by atoms with Gasteiger partial charge in [-0.1, -0.05) is 26.8 Å². The molecule has 19 heavy (non-hydrogen) atoms. The molecule has 0 fully saturated rings. The van der Waals surface area contributed by atoms with Crippen molar-refractivity contribution in [2.45, 2.75) is 45.8 Å². The molecule has 0 amide bonds. The molecular weight excluding hydrogens is 256 g/mol. The number of benzene rings is 1. The number of nitrogens with two attached hydrogens (primary N) is 1. The summed E-state index contributed by atoms with van der Waals surface area (Å²) in [7, 11) is 0. The smallest absolute Gasteiger partial charge is 0.124 e. The van der Waals surface area contributed by atoms with Crippen molar-refractivity contribution in [2.75, 3.05) is 0 Å². The highest BCUT2D eigenvalue weighted by Gasteiger charge is 2.21. The maximum absolute atomic E-state index is 10.3. The maximum Gasteiger partial charge on any atom is 0.124 e. The fourth-order valence-corrected chi connectivity index (χ4v) is 3.20. The van der Waals surface area contributed by atoms with E-state index in [1.54, 1.807) is 0 Å². The molecule has 2 atom stereocenters. The van der Waals surface area contributed by atoms with Crippen LogP contribution in [-0.2, 0) is 6.42 Å². The lowest BCUT2D eigenvalue weighted by atomic mass is 10.0. The van der Waals surface area contributed by atoms with Crippen molar-refractivity contribution in [3.63, 3.8) is 0 Å². The first-order valence-electron chi connectivity index (χ1n) is 6.84. The standard InChI is InChI=1S/C15H22N2OS/c1-4-10-5-6-13-12(8-10)17-15(19-13)14(18)11(16)7-9(2)3/h5-6,8-9,11,14,18H,4,7,16H2,1-3H3/t11-,14?/m1/s1. The van der Waals surface area contributed by atoms with E-state index in [9.17, 15) is 5.11 Å². The number of nitrogens with zero attached hydrogens (tertiary/aromatic N) is 1. The molecular formula is C15H22N2OS. The molecule has 0 aliphatic rings. The van der Waals surface area contributed by atoms with Crippen molar-refractivity contribution in [2.24, 2.45) is 11.7 Å². The van der Waals surface area contributed by atoms with Crippen LogP contribution in [0.2, 0.25) is 0 Å². The summed E-state index contributed by atoms with van der Waals surface area (Å²) in [5.41, 5.74) is 8.28. The van der Waals surface area contributed by atoms with E-state index in [2.05, 4.69) is 44.0 Å².